The molecule has 0 radical (unpaired) electrons. The molecule has 1 amide bonds. The van der Waals surface area contributed by atoms with E-state index in [4.69, 9.17) is 14.7 Å². The van der Waals surface area contributed by atoms with Crippen molar-refractivity contribution in [1.82, 2.24) is 39.5 Å². The van der Waals surface area contributed by atoms with Crippen molar-refractivity contribution in [1.29, 1.82) is 0 Å². The standard InChI is InChI=1S/C43H45N11O5S2/c1-50-21-23-51(24-22-50)17-6-19-52(37-32-25-46-54(38(32)45-27-44-37)29-12-14-30(55)15-13-29)18-5-11-36-40(59-43(57)58)49-42(61-36)53-20-16-28-7-4-8-31(33(28)26-53)39(56)48-41-47-34-9-2-3-10-35(34)60-41/h2-4,7-10,12-15,25,27,55H,5-6,11,16-24,26H2,1H3,(H,57,58)(H,47,48,56). The zero-order valence-electron chi connectivity index (χ0n) is 33.6. The van der Waals surface area contributed by atoms with Gasteiger partial charge in [0.05, 0.1) is 32.4 Å². The molecule has 16 nitrogen and oxygen atoms in total. The molecule has 0 unspecified atom stereocenters. The summed E-state index contributed by atoms with van der Waals surface area (Å²) in [7, 11) is 2.16. The van der Waals surface area contributed by atoms with Gasteiger partial charge in [0.15, 0.2) is 15.9 Å². The van der Waals surface area contributed by atoms with Gasteiger partial charge >= 0.3 is 6.16 Å². The highest BCUT2D eigenvalue weighted by Crippen LogP contribution is 2.37. The second kappa shape index (κ2) is 17.8. The third-order valence-corrected chi connectivity index (χ3v) is 13.3. The first kappa shape index (κ1) is 40.2. The number of aromatic nitrogens is 6. The maximum Gasteiger partial charge on any atom is 0.512 e. The Morgan fingerprint density at radius 2 is 1.74 bits per heavy atom. The molecule has 0 bridgehead atoms. The van der Waals surface area contributed by atoms with Gasteiger partial charge in [-0.05, 0) is 92.9 Å². The van der Waals surface area contributed by atoms with Crippen molar-refractivity contribution in [2.45, 2.75) is 32.2 Å². The number of amides is 1. The van der Waals surface area contributed by atoms with Gasteiger partial charge in [-0.15, -0.1) is 0 Å². The highest BCUT2D eigenvalue weighted by molar-refractivity contribution is 7.22. The lowest BCUT2D eigenvalue weighted by molar-refractivity contribution is 0.102. The number of anilines is 3. The minimum absolute atomic E-state index is 0.0846. The fraction of sp³-hybridized carbons (Fsp3) is 0.326. The first-order valence-corrected chi connectivity index (χ1v) is 22.0. The number of hydrogen-bond acceptors (Lipinski definition) is 15. The second-order valence-electron chi connectivity index (χ2n) is 15.2. The second-order valence-corrected chi connectivity index (χ2v) is 17.3. The number of para-hydroxylation sites is 1. The monoisotopic (exact) mass is 859 g/mol. The Labute approximate surface area is 359 Å². The molecular weight excluding hydrogens is 815 g/mol. The van der Waals surface area contributed by atoms with Crippen molar-refractivity contribution in [3.8, 4) is 17.3 Å². The molecule has 18 heteroatoms. The molecule has 0 atom stereocenters. The highest BCUT2D eigenvalue weighted by Gasteiger charge is 2.27. The number of phenolic OH excluding ortho intramolecular Hbond substituents is 1. The molecular formula is C43H45N11O5S2. The lowest BCUT2D eigenvalue weighted by atomic mass is 9.94. The first-order chi connectivity index (χ1) is 29.8. The van der Waals surface area contributed by atoms with E-state index in [-0.39, 0.29) is 17.5 Å². The van der Waals surface area contributed by atoms with Gasteiger partial charge in [0.25, 0.3) is 5.91 Å². The molecule has 0 spiro atoms. The molecule has 1 fully saturated rings. The molecule has 3 N–H and O–H groups in total. The van der Waals surface area contributed by atoms with Crippen molar-refractivity contribution in [3.63, 3.8) is 0 Å². The van der Waals surface area contributed by atoms with Crippen molar-refractivity contribution in [3.05, 3.63) is 101 Å². The number of benzene rings is 3. The van der Waals surface area contributed by atoms with E-state index in [1.54, 1.807) is 41.5 Å². The number of nitrogens with one attached hydrogen (secondary N) is 1. The molecule has 3 aromatic carbocycles. The zero-order valence-corrected chi connectivity index (χ0v) is 35.2. The van der Waals surface area contributed by atoms with E-state index in [0.29, 0.717) is 60.4 Å². The number of carbonyl (C=O) groups is 2. The van der Waals surface area contributed by atoms with Crippen LogP contribution in [-0.2, 0) is 19.4 Å². The van der Waals surface area contributed by atoms with Gasteiger partial charge in [-0.1, -0.05) is 46.9 Å². The number of thiazole rings is 2. The van der Waals surface area contributed by atoms with E-state index >= 15 is 0 Å². The number of aromatic hydroxyl groups is 1. The van der Waals surface area contributed by atoms with Gasteiger partial charge in [-0.3, -0.25) is 10.1 Å². The molecule has 0 aliphatic carbocycles. The predicted octanol–water partition coefficient (Wildman–Crippen LogP) is 6.54. The van der Waals surface area contributed by atoms with Crippen LogP contribution in [0.1, 0.15) is 39.2 Å². The van der Waals surface area contributed by atoms with Crippen LogP contribution in [-0.4, -0.2) is 121 Å². The van der Waals surface area contributed by atoms with Crippen LogP contribution >= 0.6 is 22.7 Å². The number of carboxylic acid groups (broad SMARTS) is 1. The number of carbonyl (C=O) groups excluding carboxylic acids is 1. The average Bonchev–Trinajstić information content (AvgIpc) is 4.00. The van der Waals surface area contributed by atoms with E-state index in [1.165, 1.54) is 22.7 Å². The summed E-state index contributed by atoms with van der Waals surface area (Å²) >= 11 is 2.86. The van der Waals surface area contributed by atoms with Gasteiger partial charge in [0.2, 0.25) is 5.88 Å². The summed E-state index contributed by atoms with van der Waals surface area (Å²) in [6, 6.07) is 20.4. The van der Waals surface area contributed by atoms with Gasteiger partial charge in [0.1, 0.15) is 17.9 Å². The topological polar surface area (TPSA) is 178 Å². The minimum Gasteiger partial charge on any atom is -0.508 e. The smallest absolute Gasteiger partial charge is 0.508 e. The quantitative estimate of drug-likeness (QED) is 0.101. The van der Waals surface area contributed by atoms with Gasteiger partial charge < -0.3 is 34.5 Å². The summed E-state index contributed by atoms with van der Waals surface area (Å²) in [5.41, 5.74) is 4.83. The van der Waals surface area contributed by atoms with E-state index in [9.17, 15) is 19.8 Å². The SMILES string of the molecule is CN1CCN(CCCN(CCCc2sc(N3CCc4cccc(C(=O)Nc5nc6ccccc6s5)c4C3)nc2OC(=O)O)c2ncnc3c2cnn3-c2ccc(O)cc2)CC1. The van der Waals surface area contributed by atoms with Crippen molar-refractivity contribution < 1.29 is 24.5 Å². The number of ether oxygens (including phenoxy) is 1. The minimum atomic E-state index is -1.42. The summed E-state index contributed by atoms with van der Waals surface area (Å²) in [5.74, 6) is 0.801. The van der Waals surface area contributed by atoms with Crippen molar-refractivity contribution >= 4 is 72.1 Å². The normalized spacial score (nSPS) is 14.7. The number of phenols is 1. The molecule has 2 aliphatic rings. The highest BCUT2D eigenvalue weighted by atomic mass is 32.1. The number of aryl methyl sites for hydroxylation is 1. The van der Waals surface area contributed by atoms with Crippen LogP contribution in [0, 0.1) is 0 Å². The Morgan fingerprint density at radius 3 is 2.56 bits per heavy atom. The largest absolute Gasteiger partial charge is 0.512 e. The van der Waals surface area contributed by atoms with Crippen LogP contribution in [0.2, 0.25) is 0 Å². The molecule has 0 saturated carbocycles. The molecule has 6 heterocycles. The Morgan fingerprint density at radius 1 is 0.918 bits per heavy atom. The van der Waals surface area contributed by atoms with E-state index in [1.807, 2.05) is 42.5 Å². The van der Waals surface area contributed by atoms with E-state index in [2.05, 4.69) is 47.0 Å². The molecule has 1 saturated heterocycles. The lowest BCUT2D eigenvalue weighted by Crippen LogP contribution is -2.45. The van der Waals surface area contributed by atoms with Gasteiger partial charge in [-0.2, -0.15) is 10.1 Å². The van der Waals surface area contributed by atoms with Crippen LogP contribution in [0.5, 0.6) is 11.6 Å². The fourth-order valence-electron chi connectivity index (χ4n) is 8.01. The van der Waals surface area contributed by atoms with Crippen LogP contribution in [0.4, 0.5) is 20.9 Å². The number of hydrogen-bond donors (Lipinski definition) is 3. The van der Waals surface area contributed by atoms with Crippen LogP contribution < -0.4 is 19.9 Å². The van der Waals surface area contributed by atoms with E-state index < -0.39 is 6.16 Å². The molecule has 4 aromatic heterocycles. The summed E-state index contributed by atoms with van der Waals surface area (Å²) in [4.78, 5) is 54.2. The lowest BCUT2D eigenvalue weighted by Gasteiger charge is -2.33. The maximum absolute atomic E-state index is 13.7. The van der Waals surface area contributed by atoms with Gasteiger partial charge in [-0.25, -0.2) is 24.4 Å². The predicted molar refractivity (Wildman–Crippen MR) is 237 cm³/mol. The third kappa shape index (κ3) is 8.97. The Bertz CT molecular complexity index is 2640. The van der Waals surface area contributed by atoms with Crippen molar-refractivity contribution in [2.24, 2.45) is 0 Å². The number of rotatable bonds is 14. The fourth-order valence-corrected chi connectivity index (χ4v) is 9.92. The van der Waals surface area contributed by atoms with Crippen molar-refractivity contribution in [2.75, 3.05) is 74.5 Å². The maximum atomic E-state index is 13.7. The third-order valence-electron chi connectivity index (χ3n) is 11.2. The van der Waals surface area contributed by atoms with E-state index in [0.717, 1.165) is 88.8 Å². The van der Waals surface area contributed by atoms with Crippen LogP contribution in [0.3, 0.4) is 0 Å². The molecule has 314 valence electrons. The molecule has 61 heavy (non-hydrogen) atoms. The Kier molecular flexibility index (Phi) is 11.7. The number of likely N-dealkylation sites (N-methyl/N-ethyl adjacent to an activating group) is 1. The summed E-state index contributed by atoms with van der Waals surface area (Å²) in [5, 5.41) is 29.2. The summed E-state index contributed by atoms with van der Waals surface area (Å²) in [6.07, 6.45) is 4.74. The van der Waals surface area contributed by atoms with Crippen LogP contribution in [0.25, 0.3) is 26.9 Å². The number of nitrogens with zero attached hydrogens (tertiary/aromatic N) is 10. The van der Waals surface area contributed by atoms with Crippen LogP contribution in [0.15, 0.2) is 79.3 Å². The molecule has 2 aliphatic heterocycles. The Balaban J connectivity index is 0.927. The first-order valence-electron chi connectivity index (χ1n) is 20.3. The average molecular weight is 860 g/mol. The number of fused-ring (bicyclic) bond motifs is 3. The molecule has 9 rings (SSSR count). The zero-order chi connectivity index (χ0) is 41.9. The summed E-state index contributed by atoms with van der Waals surface area (Å²) in [6.45, 7) is 7.60. The summed E-state index contributed by atoms with van der Waals surface area (Å²) < 4.78 is 8.02. The number of piperazine rings is 1. The Hall–Kier alpha value is -6.21. The molecule has 7 aromatic rings. The van der Waals surface area contributed by atoms with Gasteiger partial charge in [0, 0.05) is 57.9 Å².